The van der Waals surface area contributed by atoms with Crippen LogP contribution in [0.4, 0.5) is 0 Å². The summed E-state index contributed by atoms with van der Waals surface area (Å²) in [5.74, 6) is -0.251. The maximum Gasteiger partial charge on any atom is 0.284 e. The van der Waals surface area contributed by atoms with Gasteiger partial charge in [-0.1, -0.05) is 59.9 Å². The molecule has 2 aromatic carbocycles. The standard InChI is InChI=1S/C17H21NO5S2/c1-2-15-24(19,20)23-18(14-13-16-9-5-3-6-10-16)25(21,22)17-11-7-4-8-12-17/h3-12H,2,13-15H2,1H3. The van der Waals surface area contributed by atoms with Gasteiger partial charge >= 0.3 is 0 Å². The number of rotatable bonds is 9. The molecule has 0 atom stereocenters. The fourth-order valence-corrected chi connectivity index (χ4v) is 4.76. The number of benzene rings is 2. The molecular weight excluding hydrogens is 362 g/mol. The van der Waals surface area contributed by atoms with Crippen LogP contribution in [0.2, 0.25) is 0 Å². The van der Waals surface area contributed by atoms with Crippen molar-refractivity contribution in [3.63, 3.8) is 0 Å². The van der Waals surface area contributed by atoms with Crippen LogP contribution in [0.3, 0.4) is 0 Å². The Kier molecular flexibility index (Phi) is 6.71. The summed E-state index contributed by atoms with van der Waals surface area (Å²) in [5, 5.41) is 0. The Balaban J connectivity index is 2.28. The zero-order valence-corrected chi connectivity index (χ0v) is 15.5. The Bertz CT molecular complexity index is 866. The zero-order chi connectivity index (χ0) is 18.3. The Morgan fingerprint density at radius 1 is 0.880 bits per heavy atom. The molecule has 6 nitrogen and oxygen atoms in total. The fraction of sp³-hybridized carbons (Fsp3) is 0.294. The predicted molar refractivity (Wildman–Crippen MR) is 95.6 cm³/mol. The van der Waals surface area contributed by atoms with Crippen molar-refractivity contribution in [2.24, 2.45) is 0 Å². The van der Waals surface area contributed by atoms with E-state index >= 15 is 0 Å². The van der Waals surface area contributed by atoms with Gasteiger partial charge in [0.2, 0.25) is 0 Å². The minimum atomic E-state index is -4.09. The van der Waals surface area contributed by atoms with E-state index in [0.29, 0.717) is 17.3 Å². The maximum absolute atomic E-state index is 12.8. The molecular formula is C17H21NO5S2. The summed E-state index contributed by atoms with van der Waals surface area (Å²) in [6.45, 7) is 1.57. The monoisotopic (exact) mass is 383 g/mol. The largest absolute Gasteiger partial charge is 0.284 e. The van der Waals surface area contributed by atoms with Crippen molar-refractivity contribution >= 4 is 20.1 Å². The number of hydrogen-bond acceptors (Lipinski definition) is 5. The highest BCUT2D eigenvalue weighted by atomic mass is 32.2. The lowest BCUT2D eigenvalue weighted by molar-refractivity contribution is 0.0456. The van der Waals surface area contributed by atoms with E-state index in [1.165, 1.54) is 12.1 Å². The van der Waals surface area contributed by atoms with Gasteiger partial charge in [0.15, 0.2) is 0 Å². The number of hydrogen-bond donors (Lipinski definition) is 0. The third-order valence-electron chi connectivity index (χ3n) is 3.39. The van der Waals surface area contributed by atoms with E-state index in [4.69, 9.17) is 4.28 Å². The highest BCUT2D eigenvalue weighted by molar-refractivity contribution is 7.90. The molecule has 0 N–H and O–H groups in total. The highest BCUT2D eigenvalue weighted by Gasteiger charge is 2.30. The first-order valence-corrected chi connectivity index (χ1v) is 10.9. The summed E-state index contributed by atoms with van der Waals surface area (Å²) in [7, 11) is -8.07. The van der Waals surface area contributed by atoms with E-state index in [1.54, 1.807) is 25.1 Å². The van der Waals surface area contributed by atoms with Crippen LogP contribution in [-0.4, -0.2) is 33.6 Å². The van der Waals surface area contributed by atoms with E-state index < -0.39 is 20.1 Å². The molecule has 0 heterocycles. The Hall–Kier alpha value is -1.74. The molecule has 0 aliphatic rings. The van der Waals surface area contributed by atoms with Crippen LogP contribution in [0.25, 0.3) is 0 Å². The molecule has 0 unspecified atom stereocenters. The molecule has 0 aliphatic heterocycles. The molecule has 8 heteroatoms. The Morgan fingerprint density at radius 2 is 1.44 bits per heavy atom. The molecule has 0 radical (unpaired) electrons. The van der Waals surface area contributed by atoms with Gasteiger partial charge in [0, 0.05) is 6.54 Å². The summed E-state index contributed by atoms with van der Waals surface area (Å²) in [6, 6.07) is 16.8. The van der Waals surface area contributed by atoms with Crippen LogP contribution in [0, 0.1) is 0 Å². The van der Waals surface area contributed by atoms with Crippen molar-refractivity contribution in [3.05, 3.63) is 66.2 Å². The zero-order valence-electron chi connectivity index (χ0n) is 13.9. The lowest BCUT2D eigenvalue weighted by Gasteiger charge is -2.21. The summed E-state index contributed by atoms with van der Waals surface area (Å²) < 4.78 is 55.1. The maximum atomic E-state index is 12.8. The smallest absolute Gasteiger partial charge is 0.205 e. The van der Waals surface area contributed by atoms with Crippen LogP contribution >= 0.6 is 0 Å². The van der Waals surface area contributed by atoms with Gasteiger partial charge in [0.25, 0.3) is 20.1 Å². The molecule has 0 saturated carbocycles. The minimum Gasteiger partial charge on any atom is -0.205 e. The lowest BCUT2D eigenvalue weighted by atomic mass is 10.2. The van der Waals surface area contributed by atoms with Gasteiger partial charge < -0.3 is 0 Å². The fourth-order valence-electron chi connectivity index (χ4n) is 2.19. The van der Waals surface area contributed by atoms with Crippen molar-refractivity contribution in [3.8, 4) is 0 Å². The molecule has 25 heavy (non-hydrogen) atoms. The Labute approximate surface area is 149 Å². The topological polar surface area (TPSA) is 80.8 Å². The summed E-state index contributed by atoms with van der Waals surface area (Å²) >= 11 is 0. The molecule has 0 aromatic heterocycles. The van der Waals surface area contributed by atoms with Crippen molar-refractivity contribution in [1.29, 1.82) is 0 Å². The van der Waals surface area contributed by atoms with Gasteiger partial charge in [0.1, 0.15) is 0 Å². The second-order valence-corrected chi connectivity index (χ2v) is 8.92. The van der Waals surface area contributed by atoms with Crippen molar-refractivity contribution in [2.75, 3.05) is 12.3 Å². The number of hydroxylamine groups is 1. The SMILES string of the molecule is CCCS(=O)(=O)ON(CCc1ccccc1)S(=O)(=O)c1ccccc1. The predicted octanol–water partition coefficient (Wildman–Crippen LogP) is 2.59. The first-order chi connectivity index (χ1) is 11.8. The average molecular weight is 383 g/mol. The number of sulfonamides is 1. The van der Waals surface area contributed by atoms with Crippen LogP contribution < -0.4 is 0 Å². The van der Waals surface area contributed by atoms with Gasteiger partial charge in [-0.25, -0.2) is 8.42 Å². The van der Waals surface area contributed by atoms with Crippen molar-refractivity contribution in [2.45, 2.75) is 24.7 Å². The van der Waals surface area contributed by atoms with Crippen LogP contribution in [0.15, 0.2) is 65.6 Å². The van der Waals surface area contributed by atoms with E-state index in [9.17, 15) is 16.8 Å². The second-order valence-electron chi connectivity index (χ2n) is 5.42. The van der Waals surface area contributed by atoms with Crippen LogP contribution in [-0.2, 0) is 30.8 Å². The van der Waals surface area contributed by atoms with Crippen LogP contribution in [0.5, 0.6) is 0 Å². The van der Waals surface area contributed by atoms with E-state index in [2.05, 4.69) is 0 Å². The van der Waals surface area contributed by atoms with Gasteiger partial charge in [-0.15, -0.1) is 0 Å². The van der Waals surface area contributed by atoms with Gasteiger partial charge in [-0.2, -0.15) is 12.7 Å². The molecule has 2 aromatic rings. The summed E-state index contributed by atoms with van der Waals surface area (Å²) in [4.78, 5) is -0.0187. The van der Waals surface area contributed by atoms with Crippen molar-refractivity contribution in [1.82, 2.24) is 4.47 Å². The molecule has 0 amide bonds. The third-order valence-corrected chi connectivity index (χ3v) is 6.46. The molecule has 2 rings (SSSR count). The van der Waals surface area contributed by atoms with Gasteiger partial charge in [-0.05, 0) is 30.5 Å². The Morgan fingerprint density at radius 3 is 2.00 bits per heavy atom. The van der Waals surface area contributed by atoms with E-state index in [0.717, 1.165) is 5.56 Å². The van der Waals surface area contributed by atoms with E-state index in [1.807, 2.05) is 30.3 Å². The third kappa shape index (κ3) is 5.64. The molecule has 0 spiro atoms. The molecule has 0 fully saturated rings. The normalized spacial score (nSPS) is 12.4. The first kappa shape index (κ1) is 19.6. The van der Waals surface area contributed by atoms with Crippen molar-refractivity contribution < 1.29 is 21.1 Å². The highest BCUT2D eigenvalue weighted by Crippen LogP contribution is 2.18. The van der Waals surface area contributed by atoms with Gasteiger partial charge in [-0.3, -0.25) is 0 Å². The minimum absolute atomic E-state index is 0.0187. The molecule has 0 saturated heterocycles. The number of nitrogens with zero attached hydrogens (tertiary/aromatic N) is 1. The molecule has 0 aliphatic carbocycles. The second kappa shape index (κ2) is 8.57. The van der Waals surface area contributed by atoms with E-state index in [-0.39, 0.29) is 17.2 Å². The lowest BCUT2D eigenvalue weighted by Crippen LogP contribution is -2.36. The average Bonchev–Trinajstić information content (AvgIpc) is 2.60. The summed E-state index contributed by atoms with van der Waals surface area (Å²) in [5.41, 5.74) is 0.882. The quantitative estimate of drug-likeness (QED) is 0.622. The first-order valence-electron chi connectivity index (χ1n) is 7.89. The van der Waals surface area contributed by atoms with Crippen LogP contribution in [0.1, 0.15) is 18.9 Å². The molecule has 0 bridgehead atoms. The summed E-state index contributed by atoms with van der Waals surface area (Å²) in [6.07, 6.45) is 0.661. The van der Waals surface area contributed by atoms with Gasteiger partial charge in [0.05, 0.1) is 10.6 Å². The molecule has 136 valence electrons.